The van der Waals surface area contributed by atoms with E-state index in [4.69, 9.17) is 4.74 Å². The van der Waals surface area contributed by atoms with E-state index in [-0.39, 0.29) is 0 Å². The van der Waals surface area contributed by atoms with Gasteiger partial charge in [-0.3, -0.25) is 0 Å². The largest absolute Gasteiger partial charge is 0.376 e. The predicted octanol–water partition coefficient (Wildman–Crippen LogP) is 3.96. The maximum atomic E-state index is 5.52. The van der Waals surface area contributed by atoms with Crippen LogP contribution in [0.2, 0.25) is 0 Å². The number of ether oxygens (including phenoxy) is 1. The molecule has 0 aliphatic heterocycles. The van der Waals surface area contributed by atoms with Crippen molar-refractivity contribution in [3.05, 3.63) is 48.0 Å². The summed E-state index contributed by atoms with van der Waals surface area (Å²) in [6.45, 7) is 12.6. The van der Waals surface area contributed by atoms with Crippen LogP contribution in [0, 0.1) is 5.92 Å². The molecule has 0 amide bonds. The van der Waals surface area contributed by atoms with E-state index in [1.165, 1.54) is 5.56 Å². The summed E-state index contributed by atoms with van der Waals surface area (Å²) in [6.07, 6.45) is 1.14. The molecule has 2 nitrogen and oxygen atoms in total. The molecule has 0 fully saturated rings. The molecule has 0 radical (unpaired) electrons. The molecule has 0 aliphatic carbocycles. The van der Waals surface area contributed by atoms with E-state index in [9.17, 15) is 0 Å². The Labute approximate surface area is 117 Å². The lowest BCUT2D eigenvalue weighted by atomic mass is 9.97. The summed E-state index contributed by atoms with van der Waals surface area (Å²) in [7, 11) is 0. The van der Waals surface area contributed by atoms with Crippen LogP contribution in [0.15, 0.2) is 42.5 Å². The molecule has 0 saturated carbocycles. The molecule has 0 saturated heterocycles. The Bertz CT molecular complexity index is 359. The Morgan fingerprint density at radius 2 is 1.95 bits per heavy atom. The van der Waals surface area contributed by atoms with Crippen LogP contribution in [0.4, 0.5) is 0 Å². The van der Waals surface area contributed by atoms with Gasteiger partial charge in [-0.25, -0.2) is 0 Å². The van der Waals surface area contributed by atoms with Crippen LogP contribution in [-0.4, -0.2) is 19.8 Å². The van der Waals surface area contributed by atoms with Crippen LogP contribution in [-0.2, 0) is 4.74 Å². The van der Waals surface area contributed by atoms with E-state index in [0.717, 1.165) is 25.1 Å². The van der Waals surface area contributed by atoms with E-state index in [0.29, 0.717) is 18.6 Å². The van der Waals surface area contributed by atoms with Crippen LogP contribution < -0.4 is 5.32 Å². The van der Waals surface area contributed by atoms with Crippen molar-refractivity contribution in [1.29, 1.82) is 0 Å². The topological polar surface area (TPSA) is 21.3 Å². The van der Waals surface area contributed by atoms with Crippen LogP contribution in [0.3, 0.4) is 0 Å². The Morgan fingerprint density at radius 1 is 1.26 bits per heavy atom. The van der Waals surface area contributed by atoms with Gasteiger partial charge >= 0.3 is 0 Å². The van der Waals surface area contributed by atoms with Crippen molar-refractivity contribution in [3.8, 4) is 0 Å². The molecule has 1 N–H and O–H groups in total. The molecule has 0 heterocycles. The van der Waals surface area contributed by atoms with Crippen LogP contribution in [0.25, 0.3) is 0 Å². The van der Waals surface area contributed by atoms with Crippen LogP contribution in [0.1, 0.15) is 38.8 Å². The summed E-state index contributed by atoms with van der Waals surface area (Å²) >= 11 is 0. The summed E-state index contributed by atoms with van der Waals surface area (Å²) in [5, 5.41) is 3.59. The minimum atomic E-state index is 0.412. The average Bonchev–Trinajstić information content (AvgIpc) is 2.37. The fourth-order valence-corrected chi connectivity index (χ4v) is 2.05. The Balaban J connectivity index is 2.40. The average molecular weight is 261 g/mol. The zero-order chi connectivity index (χ0) is 14.1. The van der Waals surface area contributed by atoms with Gasteiger partial charge in [0.2, 0.25) is 0 Å². The monoisotopic (exact) mass is 261 g/mol. The second-order valence-corrected chi connectivity index (χ2v) is 5.56. The van der Waals surface area contributed by atoms with Gasteiger partial charge in [-0.2, -0.15) is 0 Å². The molecule has 1 unspecified atom stereocenters. The first kappa shape index (κ1) is 15.9. The van der Waals surface area contributed by atoms with Gasteiger partial charge in [0.1, 0.15) is 0 Å². The lowest BCUT2D eigenvalue weighted by Gasteiger charge is -2.21. The summed E-state index contributed by atoms with van der Waals surface area (Å²) < 4.78 is 5.52. The molecular formula is C17H27NO. The number of benzene rings is 1. The predicted molar refractivity (Wildman–Crippen MR) is 82.3 cm³/mol. The van der Waals surface area contributed by atoms with E-state index in [2.05, 4.69) is 56.1 Å². The lowest BCUT2D eigenvalue weighted by Crippen LogP contribution is -2.26. The van der Waals surface area contributed by atoms with Crippen molar-refractivity contribution in [2.45, 2.75) is 33.2 Å². The smallest absolute Gasteiger partial charge is 0.0672 e. The minimum absolute atomic E-state index is 0.412. The van der Waals surface area contributed by atoms with E-state index >= 15 is 0 Å². The molecule has 19 heavy (non-hydrogen) atoms. The Hall–Kier alpha value is -1.12. The summed E-state index contributed by atoms with van der Waals surface area (Å²) in [5.41, 5.74) is 2.43. The van der Waals surface area contributed by atoms with Gasteiger partial charge in [0, 0.05) is 12.6 Å². The van der Waals surface area contributed by atoms with Crippen molar-refractivity contribution >= 4 is 0 Å². The highest BCUT2D eigenvalue weighted by Gasteiger charge is 2.11. The summed E-state index contributed by atoms with van der Waals surface area (Å²) in [6, 6.07) is 11.0. The third kappa shape index (κ3) is 7.14. The molecule has 106 valence electrons. The third-order valence-corrected chi connectivity index (χ3v) is 2.89. The molecule has 1 aromatic rings. The summed E-state index contributed by atoms with van der Waals surface area (Å²) in [4.78, 5) is 0. The third-order valence-electron chi connectivity index (χ3n) is 2.89. The molecule has 0 spiro atoms. The molecule has 1 atom stereocenters. The molecule has 0 aromatic heterocycles. The SMILES string of the molecule is C=C(C)COCCNC(CC(C)C)c1ccccc1. The number of hydrogen-bond donors (Lipinski definition) is 1. The van der Waals surface area contributed by atoms with Crippen molar-refractivity contribution in [1.82, 2.24) is 5.32 Å². The number of hydrogen-bond acceptors (Lipinski definition) is 2. The molecule has 2 heteroatoms. The number of nitrogens with one attached hydrogen (secondary N) is 1. The first-order chi connectivity index (χ1) is 9.09. The van der Waals surface area contributed by atoms with Crippen LogP contribution >= 0.6 is 0 Å². The fraction of sp³-hybridized carbons (Fsp3) is 0.529. The normalized spacial score (nSPS) is 12.6. The van der Waals surface area contributed by atoms with Crippen molar-refractivity contribution in [2.75, 3.05) is 19.8 Å². The molecular weight excluding hydrogens is 234 g/mol. The van der Waals surface area contributed by atoms with Gasteiger partial charge in [0.25, 0.3) is 0 Å². The van der Waals surface area contributed by atoms with E-state index in [1.807, 2.05) is 6.92 Å². The second kappa shape index (κ2) is 8.89. The van der Waals surface area contributed by atoms with Gasteiger partial charge in [-0.15, -0.1) is 0 Å². The van der Waals surface area contributed by atoms with Crippen molar-refractivity contribution in [2.24, 2.45) is 5.92 Å². The first-order valence-corrected chi connectivity index (χ1v) is 7.10. The standard InChI is InChI=1S/C17H27NO/c1-14(2)12-17(16-8-6-5-7-9-16)18-10-11-19-13-15(3)4/h5-9,14,17-18H,3,10-13H2,1-2,4H3. The van der Waals surface area contributed by atoms with Gasteiger partial charge in [-0.1, -0.05) is 56.3 Å². The molecule has 0 bridgehead atoms. The minimum Gasteiger partial charge on any atom is -0.376 e. The second-order valence-electron chi connectivity index (χ2n) is 5.56. The summed E-state index contributed by atoms with van der Waals surface area (Å²) in [5.74, 6) is 0.675. The fourth-order valence-electron chi connectivity index (χ4n) is 2.05. The highest BCUT2D eigenvalue weighted by Crippen LogP contribution is 2.20. The maximum Gasteiger partial charge on any atom is 0.0672 e. The van der Waals surface area contributed by atoms with Crippen molar-refractivity contribution < 1.29 is 4.74 Å². The van der Waals surface area contributed by atoms with E-state index in [1.54, 1.807) is 0 Å². The van der Waals surface area contributed by atoms with Gasteiger partial charge in [-0.05, 0) is 24.8 Å². The highest BCUT2D eigenvalue weighted by molar-refractivity contribution is 5.18. The highest BCUT2D eigenvalue weighted by atomic mass is 16.5. The lowest BCUT2D eigenvalue weighted by molar-refractivity contribution is 0.154. The Morgan fingerprint density at radius 3 is 2.53 bits per heavy atom. The van der Waals surface area contributed by atoms with Crippen LogP contribution in [0.5, 0.6) is 0 Å². The molecule has 1 aromatic carbocycles. The van der Waals surface area contributed by atoms with E-state index < -0.39 is 0 Å². The first-order valence-electron chi connectivity index (χ1n) is 7.10. The van der Waals surface area contributed by atoms with Crippen molar-refractivity contribution in [3.63, 3.8) is 0 Å². The Kier molecular flexibility index (Phi) is 7.46. The number of rotatable bonds is 9. The molecule has 0 aliphatic rings. The zero-order valence-electron chi connectivity index (χ0n) is 12.5. The zero-order valence-corrected chi connectivity index (χ0v) is 12.5. The van der Waals surface area contributed by atoms with Gasteiger partial charge < -0.3 is 10.1 Å². The maximum absolute atomic E-state index is 5.52. The van der Waals surface area contributed by atoms with Gasteiger partial charge in [0.05, 0.1) is 13.2 Å². The van der Waals surface area contributed by atoms with Gasteiger partial charge in [0.15, 0.2) is 0 Å². The molecule has 1 rings (SSSR count). The quantitative estimate of drug-likeness (QED) is 0.537.